The zero-order valence-electron chi connectivity index (χ0n) is 12.0. The molecule has 0 aliphatic heterocycles. The summed E-state index contributed by atoms with van der Waals surface area (Å²) in [6, 6.07) is 11.8. The first kappa shape index (κ1) is 15.9. The van der Waals surface area contributed by atoms with E-state index < -0.39 is 10.0 Å². The summed E-state index contributed by atoms with van der Waals surface area (Å²) in [5.74, 6) is 0.617. The van der Waals surface area contributed by atoms with Crippen LogP contribution < -0.4 is 10.5 Å². The van der Waals surface area contributed by atoms with Crippen LogP contribution >= 0.6 is 0 Å². The van der Waals surface area contributed by atoms with Gasteiger partial charge in [0.1, 0.15) is 11.9 Å². The summed E-state index contributed by atoms with van der Waals surface area (Å²) in [7, 11) is -3.73. The third-order valence-electron chi connectivity index (χ3n) is 3.21. The molecule has 1 unspecified atom stereocenters. The largest absolute Gasteiger partial charge is 0.363 e. The van der Waals surface area contributed by atoms with Crippen molar-refractivity contribution in [2.45, 2.75) is 24.3 Å². The fraction of sp³-hybridized carbons (Fsp3) is 0.200. The van der Waals surface area contributed by atoms with Crippen molar-refractivity contribution in [2.24, 2.45) is 5.14 Å². The fourth-order valence-electron chi connectivity index (χ4n) is 2.05. The summed E-state index contributed by atoms with van der Waals surface area (Å²) in [5.41, 5.74) is 1.29. The third-order valence-corrected chi connectivity index (χ3v) is 4.12. The molecular formula is C15H16N4O2S. The number of nitriles is 1. The van der Waals surface area contributed by atoms with E-state index in [2.05, 4.69) is 10.3 Å². The van der Waals surface area contributed by atoms with E-state index in [-0.39, 0.29) is 10.9 Å². The van der Waals surface area contributed by atoms with Crippen LogP contribution in [0.2, 0.25) is 0 Å². The Kier molecular flexibility index (Phi) is 4.75. The molecule has 114 valence electrons. The third kappa shape index (κ3) is 3.81. The SMILES string of the molecule is CCC(Nc1ccc(C#N)cn1)c1cccc(S(N)(=O)=O)c1. The maximum Gasteiger partial charge on any atom is 0.238 e. The van der Waals surface area contributed by atoms with Gasteiger partial charge in [0, 0.05) is 6.20 Å². The lowest BCUT2D eigenvalue weighted by Crippen LogP contribution is -2.15. The molecule has 0 saturated carbocycles. The van der Waals surface area contributed by atoms with Crippen molar-refractivity contribution >= 4 is 15.8 Å². The maximum atomic E-state index is 11.4. The molecule has 1 heterocycles. The average molecular weight is 316 g/mol. The molecule has 2 rings (SSSR count). The van der Waals surface area contributed by atoms with Gasteiger partial charge in [0.15, 0.2) is 0 Å². The van der Waals surface area contributed by atoms with Gasteiger partial charge in [-0.05, 0) is 36.2 Å². The van der Waals surface area contributed by atoms with Gasteiger partial charge in [-0.2, -0.15) is 5.26 Å². The predicted molar refractivity (Wildman–Crippen MR) is 83.4 cm³/mol. The van der Waals surface area contributed by atoms with E-state index in [4.69, 9.17) is 10.4 Å². The van der Waals surface area contributed by atoms with E-state index >= 15 is 0 Å². The highest BCUT2D eigenvalue weighted by atomic mass is 32.2. The number of aromatic nitrogens is 1. The molecule has 0 aliphatic carbocycles. The lowest BCUT2D eigenvalue weighted by Gasteiger charge is -2.18. The molecular weight excluding hydrogens is 300 g/mol. The molecule has 0 aliphatic rings. The van der Waals surface area contributed by atoms with Crippen molar-refractivity contribution < 1.29 is 8.42 Å². The van der Waals surface area contributed by atoms with Crippen LogP contribution in [0.3, 0.4) is 0 Å². The van der Waals surface area contributed by atoms with Gasteiger partial charge in [-0.15, -0.1) is 0 Å². The Labute approximate surface area is 129 Å². The topological polar surface area (TPSA) is 109 Å². The van der Waals surface area contributed by atoms with Gasteiger partial charge in [-0.1, -0.05) is 19.1 Å². The maximum absolute atomic E-state index is 11.4. The van der Waals surface area contributed by atoms with Gasteiger partial charge in [0.05, 0.1) is 16.5 Å². The number of nitrogens with zero attached hydrogens (tertiary/aromatic N) is 2. The second kappa shape index (κ2) is 6.56. The summed E-state index contributed by atoms with van der Waals surface area (Å²) in [4.78, 5) is 4.24. The zero-order valence-corrected chi connectivity index (χ0v) is 12.8. The van der Waals surface area contributed by atoms with Gasteiger partial charge in [0.2, 0.25) is 10.0 Å². The molecule has 22 heavy (non-hydrogen) atoms. The highest BCUT2D eigenvalue weighted by Gasteiger charge is 2.14. The number of rotatable bonds is 5. The molecule has 1 aromatic heterocycles. The van der Waals surface area contributed by atoms with Crippen molar-refractivity contribution in [3.63, 3.8) is 0 Å². The molecule has 0 saturated heterocycles. The lowest BCUT2D eigenvalue weighted by atomic mass is 10.0. The summed E-state index contributed by atoms with van der Waals surface area (Å²) >= 11 is 0. The molecule has 2 aromatic rings. The second-order valence-corrected chi connectivity index (χ2v) is 6.33. The minimum absolute atomic E-state index is 0.0815. The first-order valence-electron chi connectivity index (χ1n) is 6.69. The summed E-state index contributed by atoms with van der Waals surface area (Å²) < 4.78 is 22.9. The molecule has 1 atom stereocenters. The normalized spacial score (nSPS) is 12.4. The number of pyridine rings is 1. The standard InChI is InChI=1S/C15H16N4O2S/c1-2-14(19-15-7-6-11(9-16)10-18-15)12-4-3-5-13(8-12)22(17,20)21/h3-8,10,14H,2H2,1H3,(H,18,19)(H2,17,20,21). The van der Waals surface area contributed by atoms with Crippen molar-refractivity contribution in [3.8, 4) is 6.07 Å². The van der Waals surface area contributed by atoms with Gasteiger partial charge < -0.3 is 5.32 Å². The predicted octanol–water partition coefficient (Wildman–Crippen LogP) is 2.16. The van der Waals surface area contributed by atoms with E-state index in [1.807, 2.05) is 19.1 Å². The number of primary sulfonamides is 1. The molecule has 6 nitrogen and oxygen atoms in total. The van der Waals surface area contributed by atoms with E-state index in [1.165, 1.54) is 12.3 Å². The Bertz CT molecular complexity index is 795. The minimum atomic E-state index is -3.73. The Morgan fingerprint density at radius 2 is 2.14 bits per heavy atom. The molecule has 1 aromatic carbocycles. The quantitative estimate of drug-likeness (QED) is 0.878. The Morgan fingerprint density at radius 3 is 2.68 bits per heavy atom. The van der Waals surface area contributed by atoms with Crippen LogP contribution in [0.15, 0.2) is 47.5 Å². The first-order chi connectivity index (χ1) is 10.4. The highest BCUT2D eigenvalue weighted by Crippen LogP contribution is 2.23. The first-order valence-corrected chi connectivity index (χ1v) is 8.24. The number of hydrogen-bond donors (Lipinski definition) is 2. The number of sulfonamides is 1. The number of hydrogen-bond acceptors (Lipinski definition) is 5. The number of anilines is 1. The van der Waals surface area contributed by atoms with Gasteiger partial charge >= 0.3 is 0 Å². The molecule has 3 N–H and O–H groups in total. The van der Waals surface area contributed by atoms with Crippen LogP contribution in [0.5, 0.6) is 0 Å². The number of benzene rings is 1. The van der Waals surface area contributed by atoms with Crippen LogP contribution in [0.25, 0.3) is 0 Å². The fourth-order valence-corrected chi connectivity index (χ4v) is 2.62. The molecule has 0 bridgehead atoms. The second-order valence-electron chi connectivity index (χ2n) is 4.77. The van der Waals surface area contributed by atoms with Crippen LogP contribution in [0.1, 0.15) is 30.5 Å². The van der Waals surface area contributed by atoms with Crippen molar-refractivity contribution in [2.75, 3.05) is 5.32 Å². The Morgan fingerprint density at radius 1 is 1.36 bits per heavy atom. The molecule has 7 heteroatoms. The number of nitrogens with two attached hydrogens (primary N) is 1. The van der Waals surface area contributed by atoms with Gasteiger partial charge in [-0.25, -0.2) is 18.5 Å². The molecule has 0 radical (unpaired) electrons. The molecule has 0 spiro atoms. The van der Waals surface area contributed by atoms with E-state index in [1.54, 1.807) is 24.3 Å². The van der Waals surface area contributed by atoms with Crippen LogP contribution in [0, 0.1) is 11.3 Å². The van der Waals surface area contributed by atoms with E-state index in [9.17, 15) is 8.42 Å². The summed E-state index contributed by atoms with van der Waals surface area (Å²) in [5, 5.41) is 17.1. The van der Waals surface area contributed by atoms with Crippen molar-refractivity contribution in [3.05, 3.63) is 53.7 Å². The number of nitrogens with one attached hydrogen (secondary N) is 1. The zero-order chi connectivity index (χ0) is 16.2. The van der Waals surface area contributed by atoms with Crippen LogP contribution in [-0.4, -0.2) is 13.4 Å². The minimum Gasteiger partial charge on any atom is -0.363 e. The van der Waals surface area contributed by atoms with Gasteiger partial charge in [-0.3, -0.25) is 0 Å². The van der Waals surface area contributed by atoms with Crippen LogP contribution in [0.4, 0.5) is 5.82 Å². The average Bonchev–Trinajstić information content (AvgIpc) is 2.52. The Balaban J connectivity index is 2.26. The van der Waals surface area contributed by atoms with Crippen molar-refractivity contribution in [1.29, 1.82) is 5.26 Å². The lowest BCUT2D eigenvalue weighted by molar-refractivity contribution is 0.597. The van der Waals surface area contributed by atoms with Gasteiger partial charge in [0.25, 0.3) is 0 Å². The smallest absolute Gasteiger partial charge is 0.238 e. The summed E-state index contributed by atoms with van der Waals surface area (Å²) in [6.07, 6.45) is 2.21. The molecule has 0 fully saturated rings. The van der Waals surface area contributed by atoms with E-state index in [0.29, 0.717) is 11.4 Å². The highest BCUT2D eigenvalue weighted by molar-refractivity contribution is 7.89. The molecule has 0 amide bonds. The Hall–Kier alpha value is -2.43. The van der Waals surface area contributed by atoms with Crippen LogP contribution in [-0.2, 0) is 10.0 Å². The monoisotopic (exact) mass is 316 g/mol. The van der Waals surface area contributed by atoms with Crippen molar-refractivity contribution in [1.82, 2.24) is 4.98 Å². The summed E-state index contributed by atoms with van der Waals surface area (Å²) in [6.45, 7) is 1.98. The van der Waals surface area contributed by atoms with E-state index in [0.717, 1.165) is 12.0 Å².